The maximum atomic E-state index is 12.3. The first kappa shape index (κ1) is 15.2. The lowest BCUT2D eigenvalue weighted by molar-refractivity contribution is 0.0698. The molecule has 0 spiro atoms. The highest BCUT2D eigenvalue weighted by atomic mass is 32.1. The lowest BCUT2D eigenvalue weighted by Gasteiger charge is -2.05. The fourth-order valence-corrected chi connectivity index (χ4v) is 2.66. The molecule has 21 heavy (non-hydrogen) atoms. The van der Waals surface area contributed by atoms with Crippen molar-refractivity contribution in [3.8, 4) is 0 Å². The lowest BCUT2D eigenvalue weighted by atomic mass is 10.1. The average Bonchev–Trinajstić information content (AvgIpc) is 3.04. The van der Waals surface area contributed by atoms with Crippen LogP contribution < -0.4 is 5.32 Å². The van der Waals surface area contributed by atoms with Gasteiger partial charge >= 0.3 is 5.97 Å². The van der Waals surface area contributed by atoms with Crippen LogP contribution in [0.15, 0.2) is 17.5 Å². The Balaban J connectivity index is 2.28. The molecule has 0 aliphatic rings. The maximum absolute atomic E-state index is 12.3. The van der Waals surface area contributed by atoms with Gasteiger partial charge in [0.2, 0.25) is 0 Å². The largest absolute Gasteiger partial charge is 0.478 e. The van der Waals surface area contributed by atoms with E-state index in [0.717, 1.165) is 5.69 Å². The first-order valence-electron chi connectivity index (χ1n) is 6.63. The Labute approximate surface area is 126 Å². The number of nitrogens with zero attached hydrogens (tertiary/aromatic N) is 2. The minimum atomic E-state index is -1.06. The number of rotatable bonds is 5. The topological polar surface area (TPSA) is 84.2 Å². The summed E-state index contributed by atoms with van der Waals surface area (Å²) < 4.78 is 1.62. The Hall–Kier alpha value is -2.15. The van der Waals surface area contributed by atoms with Gasteiger partial charge in [0.15, 0.2) is 0 Å². The van der Waals surface area contributed by atoms with Crippen LogP contribution in [0.1, 0.15) is 53.2 Å². The number of amides is 1. The third-order valence-corrected chi connectivity index (χ3v) is 3.88. The van der Waals surface area contributed by atoms with Gasteiger partial charge in [0.25, 0.3) is 5.91 Å². The highest BCUT2D eigenvalue weighted by Crippen LogP contribution is 2.24. The second-order valence-corrected chi connectivity index (χ2v) is 5.76. The van der Waals surface area contributed by atoms with Crippen LogP contribution in [0.25, 0.3) is 0 Å². The van der Waals surface area contributed by atoms with E-state index >= 15 is 0 Å². The number of hydrogen-bond donors (Lipinski definition) is 2. The van der Waals surface area contributed by atoms with Crippen LogP contribution in [0.3, 0.4) is 0 Å². The van der Waals surface area contributed by atoms with Crippen LogP contribution in [0.4, 0.5) is 5.00 Å². The van der Waals surface area contributed by atoms with E-state index in [-0.39, 0.29) is 17.4 Å². The molecule has 6 nitrogen and oxygen atoms in total. The number of aromatic carboxylic acids is 1. The van der Waals surface area contributed by atoms with Crippen molar-refractivity contribution in [1.82, 2.24) is 9.78 Å². The number of carbonyl (C=O) groups is 2. The van der Waals surface area contributed by atoms with Crippen molar-refractivity contribution in [1.29, 1.82) is 0 Å². The monoisotopic (exact) mass is 307 g/mol. The van der Waals surface area contributed by atoms with Crippen molar-refractivity contribution in [3.63, 3.8) is 0 Å². The number of aromatic nitrogens is 2. The van der Waals surface area contributed by atoms with E-state index in [4.69, 9.17) is 5.11 Å². The van der Waals surface area contributed by atoms with Crippen LogP contribution in [0.2, 0.25) is 0 Å². The zero-order valence-electron chi connectivity index (χ0n) is 12.1. The van der Waals surface area contributed by atoms with Gasteiger partial charge in [-0.1, -0.05) is 13.8 Å². The van der Waals surface area contributed by atoms with Crippen molar-refractivity contribution in [2.24, 2.45) is 0 Å². The summed E-state index contributed by atoms with van der Waals surface area (Å²) in [5.41, 5.74) is 1.37. The van der Waals surface area contributed by atoms with Crippen molar-refractivity contribution in [3.05, 3.63) is 34.5 Å². The highest BCUT2D eigenvalue weighted by molar-refractivity contribution is 7.14. The summed E-state index contributed by atoms with van der Waals surface area (Å²) in [7, 11) is 0. The number of anilines is 1. The van der Waals surface area contributed by atoms with Crippen LogP contribution in [0, 0.1) is 0 Å². The molecule has 0 saturated heterocycles. The molecule has 2 N–H and O–H groups in total. The molecule has 0 aliphatic carbocycles. The van der Waals surface area contributed by atoms with Crippen LogP contribution >= 0.6 is 11.3 Å². The van der Waals surface area contributed by atoms with Crippen molar-refractivity contribution < 1.29 is 14.7 Å². The molecule has 2 aromatic heterocycles. The summed E-state index contributed by atoms with van der Waals surface area (Å²) in [6.07, 6.45) is 0. The molecule has 112 valence electrons. The number of carboxylic acid groups (broad SMARTS) is 1. The molecule has 2 heterocycles. The third-order valence-electron chi connectivity index (χ3n) is 3.05. The number of aryl methyl sites for hydroxylation is 1. The normalized spacial score (nSPS) is 10.9. The Morgan fingerprint density at radius 3 is 2.76 bits per heavy atom. The quantitative estimate of drug-likeness (QED) is 0.889. The molecule has 0 atom stereocenters. The predicted molar refractivity (Wildman–Crippen MR) is 81.2 cm³/mol. The number of hydrogen-bond acceptors (Lipinski definition) is 4. The summed E-state index contributed by atoms with van der Waals surface area (Å²) >= 11 is 1.18. The molecule has 2 aromatic rings. The summed E-state index contributed by atoms with van der Waals surface area (Å²) in [6.45, 7) is 6.49. The van der Waals surface area contributed by atoms with Gasteiger partial charge in [-0.2, -0.15) is 5.10 Å². The van der Waals surface area contributed by atoms with E-state index in [0.29, 0.717) is 17.2 Å². The molecule has 7 heteroatoms. The first-order valence-corrected chi connectivity index (χ1v) is 7.51. The Bertz CT molecular complexity index is 673. The standard InChI is InChI=1S/C14H17N3O3S/c1-4-17-11(7-10(16-17)8(2)3)12(18)15-13-9(14(19)20)5-6-21-13/h5-8H,4H2,1-3H3,(H,15,18)(H,19,20). The molecule has 2 rings (SSSR count). The van der Waals surface area contributed by atoms with Gasteiger partial charge in [-0.05, 0) is 30.4 Å². The SMILES string of the molecule is CCn1nc(C(C)C)cc1C(=O)Nc1sccc1C(=O)O. The minimum absolute atomic E-state index is 0.0972. The summed E-state index contributed by atoms with van der Waals surface area (Å²) in [4.78, 5) is 23.4. The zero-order valence-corrected chi connectivity index (χ0v) is 12.9. The molecular weight excluding hydrogens is 290 g/mol. The van der Waals surface area contributed by atoms with E-state index < -0.39 is 5.97 Å². The fraction of sp³-hybridized carbons (Fsp3) is 0.357. The van der Waals surface area contributed by atoms with Crippen molar-refractivity contribution >= 4 is 28.2 Å². The Kier molecular flexibility index (Phi) is 4.42. The summed E-state index contributed by atoms with van der Waals surface area (Å²) in [5.74, 6) is -1.18. The maximum Gasteiger partial charge on any atom is 0.338 e. The Morgan fingerprint density at radius 1 is 1.48 bits per heavy atom. The number of carbonyl (C=O) groups excluding carboxylic acids is 1. The minimum Gasteiger partial charge on any atom is -0.478 e. The van der Waals surface area contributed by atoms with E-state index in [9.17, 15) is 9.59 Å². The van der Waals surface area contributed by atoms with Gasteiger partial charge in [-0.15, -0.1) is 11.3 Å². The lowest BCUT2D eigenvalue weighted by Crippen LogP contribution is -2.18. The van der Waals surface area contributed by atoms with E-state index in [1.807, 2.05) is 20.8 Å². The second-order valence-electron chi connectivity index (χ2n) is 4.85. The number of thiophene rings is 1. The zero-order chi connectivity index (χ0) is 15.6. The van der Waals surface area contributed by atoms with Crippen molar-refractivity contribution in [2.75, 3.05) is 5.32 Å². The molecule has 0 saturated carbocycles. The Morgan fingerprint density at radius 2 is 2.19 bits per heavy atom. The summed E-state index contributed by atoms with van der Waals surface area (Å²) in [5, 5.41) is 18.1. The fourth-order valence-electron chi connectivity index (χ4n) is 1.88. The van der Waals surface area contributed by atoms with Crippen LogP contribution in [-0.4, -0.2) is 26.8 Å². The summed E-state index contributed by atoms with van der Waals surface area (Å²) in [6, 6.07) is 3.22. The van der Waals surface area contributed by atoms with Gasteiger partial charge < -0.3 is 10.4 Å². The molecule has 0 fully saturated rings. The molecule has 0 radical (unpaired) electrons. The highest BCUT2D eigenvalue weighted by Gasteiger charge is 2.19. The second kappa shape index (κ2) is 6.09. The smallest absolute Gasteiger partial charge is 0.338 e. The number of carboxylic acids is 1. The van der Waals surface area contributed by atoms with Crippen LogP contribution in [0.5, 0.6) is 0 Å². The molecule has 1 amide bonds. The van der Waals surface area contributed by atoms with Gasteiger partial charge in [-0.25, -0.2) is 4.79 Å². The molecule has 0 aromatic carbocycles. The van der Waals surface area contributed by atoms with E-state index in [1.165, 1.54) is 17.4 Å². The first-order chi connectivity index (χ1) is 9.93. The predicted octanol–water partition coefficient (Wildman–Crippen LogP) is 3.04. The van der Waals surface area contributed by atoms with Gasteiger partial charge in [0.1, 0.15) is 10.7 Å². The molecule has 0 unspecified atom stereocenters. The van der Waals surface area contributed by atoms with Crippen LogP contribution in [-0.2, 0) is 6.54 Å². The van der Waals surface area contributed by atoms with E-state index in [2.05, 4.69) is 10.4 Å². The van der Waals surface area contributed by atoms with Gasteiger partial charge in [0, 0.05) is 6.54 Å². The van der Waals surface area contributed by atoms with E-state index in [1.54, 1.807) is 16.1 Å². The van der Waals surface area contributed by atoms with Crippen molar-refractivity contribution in [2.45, 2.75) is 33.2 Å². The molecule has 0 aliphatic heterocycles. The van der Waals surface area contributed by atoms with Gasteiger partial charge in [-0.3, -0.25) is 9.48 Å². The molecular formula is C14H17N3O3S. The van der Waals surface area contributed by atoms with Gasteiger partial charge in [0.05, 0.1) is 11.3 Å². The average molecular weight is 307 g/mol. The number of nitrogens with one attached hydrogen (secondary N) is 1. The third kappa shape index (κ3) is 3.13. The molecule has 0 bridgehead atoms.